The Kier molecular flexibility index (Phi) is 1.68. The molecule has 0 aliphatic heterocycles. The predicted octanol–water partition coefficient (Wildman–Crippen LogP) is 1.13. The normalized spacial score (nSPS) is 13.6. The number of aromatic nitrogens is 2. The summed E-state index contributed by atoms with van der Waals surface area (Å²) in [5.41, 5.74) is 0.722. The summed E-state index contributed by atoms with van der Waals surface area (Å²) in [6.07, 6.45) is 1.19. The predicted molar refractivity (Wildman–Crippen MR) is 36.6 cm³/mol. The fourth-order valence-corrected chi connectivity index (χ4v) is 0.748. The Morgan fingerprint density at radius 2 is 2.44 bits per heavy atom. The summed E-state index contributed by atoms with van der Waals surface area (Å²) in [7, 11) is 0. The Morgan fingerprint density at radius 1 is 1.78 bits per heavy atom. The molecule has 0 bridgehead atoms. The fraction of sp³-hybridized carbons (Fsp3) is 0.400. The lowest BCUT2D eigenvalue weighted by Crippen LogP contribution is -1.89. The van der Waals surface area contributed by atoms with Crippen LogP contribution in [0.1, 0.15) is 18.7 Å². The van der Waals surface area contributed by atoms with Crippen molar-refractivity contribution in [1.82, 2.24) is 9.97 Å². The molecule has 0 amide bonds. The fourth-order valence-electron chi connectivity index (χ4n) is 0.572. The zero-order valence-electron chi connectivity index (χ0n) is 5.01. The number of aliphatic hydroxyl groups is 1. The number of aliphatic hydroxyl groups excluding tert-OH is 1. The van der Waals surface area contributed by atoms with E-state index in [1.165, 1.54) is 0 Å². The van der Waals surface area contributed by atoms with Crippen LogP contribution < -0.4 is 0 Å². The molecule has 9 heavy (non-hydrogen) atoms. The van der Waals surface area contributed by atoms with Gasteiger partial charge in [-0.25, -0.2) is 0 Å². The van der Waals surface area contributed by atoms with Crippen LogP contribution in [-0.2, 0) is 0 Å². The van der Waals surface area contributed by atoms with Crippen LogP contribution in [0.15, 0.2) is 6.20 Å². The van der Waals surface area contributed by atoms with Gasteiger partial charge in [-0.2, -0.15) is 0 Å². The van der Waals surface area contributed by atoms with E-state index in [1.807, 2.05) is 0 Å². The molecule has 0 spiro atoms. The third kappa shape index (κ3) is 1.40. The Labute approximate surface area is 57.7 Å². The van der Waals surface area contributed by atoms with Crippen molar-refractivity contribution in [2.45, 2.75) is 13.0 Å². The van der Waals surface area contributed by atoms with Crippen molar-refractivity contribution in [3.05, 3.63) is 16.7 Å². The Hall–Kier alpha value is -0.610. The Balaban J connectivity index is 2.98. The lowest BCUT2D eigenvalue weighted by atomic mass is 10.3. The highest BCUT2D eigenvalue weighted by Gasteiger charge is 1.98. The minimum atomic E-state index is -0.474. The van der Waals surface area contributed by atoms with Crippen molar-refractivity contribution in [1.29, 1.82) is 0 Å². The van der Waals surface area contributed by atoms with E-state index in [0.29, 0.717) is 4.77 Å². The molecule has 0 aliphatic rings. The van der Waals surface area contributed by atoms with E-state index in [2.05, 4.69) is 9.97 Å². The average molecular weight is 144 g/mol. The van der Waals surface area contributed by atoms with Crippen LogP contribution in [0.4, 0.5) is 0 Å². The van der Waals surface area contributed by atoms with Crippen LogP contribution in [0, 0.1) is 4.77 Å². The molecule has 50 valence electrons. The lowest BCUT2D eigenvalue weighted by molar-refractivity contribution is 0.195. The van der Waals surface area contributed by atoms with E-state index < -0.39 is 6.10 Å². The first-order chi connectivity index (χ1) is 4.20. The third-order valence-corrected chi connectivity index (χ3v) is 1.29. The molecule has 0 fully saturated rings. The molecule has 0 radical (unpaired) electrons. The van der Waals surface area contributed by atoms with Crippen molar-refractivity contribution in [2.24, 2.45) is 0 Å². The second-order valence-electron chi connectivity index (χ2n) is 1.87. The summed E-state index contributed by atoms with van der Waals surface area (Å²) in [6.45, 7) is 1.68. The molecule has 0 saturated carbocycles. The van der Waals surface area contributed by atoms with Crippen LogP contribution in [-0.4, -0.2) is 15.1 Å². The molecule has 3 nitrogen and oxygen atoms in total. The first-order valence-corrected chi connectivity index (χ1v) is 3.06. The number of rotatable bonds is 1. The highest BCUT2D eigenvalue weighted by molar-refractivity contribution is 7.71. The van der Waals surface area contributed by atoms with Gasteiger partial charge in [0, 0.05) is 6.20 Å². The van der Waals surface area contributed by atoms with Gasteiger partial charge in [0.1, 0.15) is 0 Å². The summed E-state index contributed by atoms with van der Waals surface area (Å²) in [6, 6.07) is 0. The van der Waals surface area contributed by atoms with Crippen molar-refractivity contribution >= 4 is 12.2 Å². The van der Waals surface area contributed by atoms with E-state index in [9.17, 15) is 0 Å². The maximum absolute atomic E-state index is 8.94. The number of H-pyrrole nitrogens is 2. The maximum Gasteiger partial charge on any atom is 0.174 e. The zero-order valence-corrected chi connectivity index (χ0v) is 5.83. The van der Waals surface area contributed by atoms with Gasteiger partial charge < -0.3 is 15.1 Å². The van der Waals surface area contributed by atoms with Gasteiger partial charge in [-0.1, -0.05) is 0 Å². The zero-order chi connectivity index (χ0) is 6.85. The molecular weight excluding hydrogens is 136 g/mol. The first kappa shape index (κ1) is 6.51. The van der Waals surface area contributed by atoms with Crippen LogP contribution in [0.5, 0.6) is 0 Å². The van der Waals surface area contributed by atoms with Crippen LogP contribution >= 0.6 is 12.2 Å². The van der Waals surface area contributed by atoms with Crippen molar-refractivity contribution in [2.75, 3.05) is 0 Å². The summed E-state index contributed by atoms with van der Waals surface area (Å²) in [5.74, 6) is 0. The van der Waals surface area contributed by atoms with Gasteiger partial charge in [0.2, 0.25) is 0 Å². The Morgan fingerprint density at radius 3 is 2.67 bits per heavy atom. The number of imidazole rings is 1. The monoisotopic (exact) mass is 144 g/mol. The van der Waals surface area contributed by atoms with Crippen molar-refractivity contribution in [3.63, 3.8) is 0 Å². The van der Waals surface area contributed by atoms with E-state index in [-0.39, 0.29) is 0 Å². The van der Waals surface area contributed by atoms with Crippen molar-refractivity contribution < 1.29 is 5.11 Å². The van der Waals surface area contributed by atoms with Gasteiger partial charge in [0.05, 0.1) is 11.8 Å². The van der Waals surface area contributed by atoms with E-state index in [0.717, 1.165) is 5.69 Å². The van der Waals surface area contributed by atoms with Crippen LogP contribution in [0.2, 0.25) is 0 Å². The highest BCUT2D eigenvalue weighted by atomic mass is 32.1. The minimum absolute atomic E-state index is 0.474. The second kappa shape index (κ2) is 2.33. The number of hydrogen-bond donors (Lipinski definition) is 3. The standard InChI is InChI=1S/C5H8N2OS/c1-3(8)4-2-6-5(9)7-4/h2-3,8H,1H3,(H2,6,7,9). The number of nitrogens with one attached hydrogen (secondary N) is 2. The van der Waals surface area contributed by atoms with Gasteiger partial charge in [-0.3, -0.25) is 0 Å². The maximum atomic E-state index is 8.94. The summed E-state index contributed by atoms with van der Waals surface area (Å²) in [5, 5.41) is 8.94. The molecule has 0 aliphatic carbocycles. The molecule has 0 aromatic carbocycles. The molecule has 1 unspecified atom stereocenters. The summed E-state index contributed by atoms with van der Waals surface area (Å²) >= 11 is 4.73. The SMILES string of the molecule is CC(O)c1c[nH]c(=S)[nH]1. The van der Waals surface area contributed by atoms with E-state index in [4.69, 9.17) is 17.3 Å². The quantitative estimate of drug-likeness (QED) is 0.517. The molecule has 1 rings (SSSR count). The number of hydrogen-bond acceptors (Lipinski definition) is 2. The molecule has 3 N–H and O–H groups in total. The largest absolute Gasteiger partial charge is 0.387 e. The molecule has 1 heterocycles. The van der Waals surface area contributed by atoms with Crippen LogP contribution in [0.3, 0.4) is 0 Å². The first-order valence-electron chi connectivity index (χ1n) is 2.66. The lowest BCUT2D eigenvalue weighted by Gasteiger charge is -1.95. The summed E-state index contributed by atoms with van der Waals surface area (Å²) in [4.78, 5) is 5.53. The average Bonchev–Trinajstić information content (AvgIpc) is 2.14. The van der Waals surface area contributed by atoms with Gasteiger partial charge in [0.15, 0.2) is 4.77 Å². The second-order valence-corrected chi connectivity index (χ2v) is 2.28. The molecule has 4 heteroatoms. The molecule has 0 saturated heterocycles. The summed E-state index contributed by atoms with van der Waals surface area (Å²) < 4.78 is 0.547. The molecule has 1 aromatic heterocycles. The Bertz CT molecular complexity index is 237. The van der Waals surface area contributed by atoms with Crippen LogP contribution in [0.25, 0.3) is 0 Å². The molecule has 1 atom stereocenters. The molecular formula is C5H8N2OS. The van der Waals surface area contributed by atoms with Gasteiger partial charge in [-0.05, 0) is 19.1 Å². The topological polar surface area (TPSA) is 51.8 Å². The van der Waals surface area contributed by atoms with E-state index in [1.54, 1.807) is 13.1 Å². The smallest absolute Gasteiger partial charge is 0.174 e. The van der Waals surface area contributed by atoms with Gasteiger partial charge in [-0.15, -0.1) is 0 Å². The van der Waals surface area contributed by atoms with E-state index >= 15 is 0 Å². The van der Waals surface area contributed by atoms with Gasteiger partial charge in [0.25, 0.3) is 0 Å². The van der Waals surface area contributed by atoms with Gasteiger partial charge >= 0.3 is 0 Å². The van der Waals surface area contributed by atoms with Crippen molar-refractivity contribution in [3.8, 4) is 0 Å². The number of aromatic amines is 2. The third-order valence-electron chi connectivity index (χ3n) is 1.07. The molecule has 1 aromatic rings. The minimum Gasteiger partial charge on any atom is -0.387 e. The highest BCUT2D eigenvalue weighted by Crippen LogP contribution is 2.05.